The molecule has 2 aromatic rings. The number of amides is 1. The zero-order chi connectivity index (χ0) is 14.9. The highest BCUT2D eigenvalue weighted by atomic mass is 35.5. The highest BCUT2D eigenvalue weighted by molar-refractivity contribution is 6.30. The quantitative estimate of drug-likeness (QED) is 0.800. The highest BCUT2D eigenvalue weighted by Crippen LogP contribution is 2.12. The summed E-state index contributed by atoms with van der Waals surface area (Å²) in [6, 6.07) is 17.0. The normalized spacial score (nSPS) is 9.95. The number of halogens is 1. The molecule has 0 saturated heterocycles. The number of alkyl carbamates (subject to hydrolysis) is 1. The highest BCUT2D eigenvalue weighted by Gasteiger charge is 2.01. The van der Waals surface area contributed by atoms with Crippen LogP contribution in [0.5, 0.6) is 0 Å². The molecule has 0 radical (unpaired) electrons. The van der Waals surface area contributed by atoms with E-state index in [2.05, 4.69) is 10.6 Å². The Labute approximate surface area is 129 Å². The van der Waals surface area contributed by atoms with Gasteiger partial charge in [-0.1, -0.05) is 41.9 Å². The van der Waals surface area contributed by atoms with E-state index in [9.17, 15) is 4.79 Å². The second kappa shape index (κ2) is 8.17. The first-order valence-electron chi connectivity index (χ1n) is 6.68. The Balaban J connectivity index is 1.60. The van der Waals surface area contributed by atoms with Gasteiger partial charge in [0.2, 0.25) is 0 Å². The van der Waals surface area contributed by atoms with Gasteiger partial charge >= 0.3 is 6.09 Å². The van der Waals surface area contributed by atoms with Crippen LogP contribution in [0.15, 0.2) is 54.6 Å². The van der Waals surface area contributed by atoms with Crippen molar-refractivity contribution in [2.75, 3.05) is 18.4 Å². The Bertz CT molecular complexity index is 558. The Morgan fingerprint density at radius 1 is 1.00 bits per heavy atom. The minimum absolute atomic E-state index is 0.275. The van der Waals surface area contributed by atoms with E-state index in [-0.39, 0.29) is 6.61 Å². The molecule has 0 aliphatic heterocycles. The molecule has 0 atom stereocenters. The van der Waals surface area contributed by atoms with Crippen molar-refractivity contribution >= 4 is 23.4 Å². The SMILES string of the molecule is O=C(NCCNc1ccc(Cl)cc1)OCc1ccccc1. The van der Waals surface area contributed by atoms with Crippen molar-refractivity contribution in [3.8, 4) is 0 Å². The molecule has 0 heterocycles. The summed E-state index contributed by atoms with van der Waals surface area (Å²) in [6.45, 7) is 1.37. The number of hydrogen-bond acceptors (Lipinski definition) is 3. The number of nitrogens with one attached hydrogen (secondary N) is 2. The standard InChI is InChI=1S/C16H17ClN2O2/c17-14-6-8-15(9-7-14)18-10-11-19-16(20)21-12-13-4-2-1-3-5-13/h1-9,18H,10-12H2,(H,19,20). The molecule has 0 spiro atoms. The maximum absolute atomic E-state index is 11.5. The fraction of sp³-hybridized carbons (Fsp3) is 0.188. The van der Waals surface area contributed by atoms with Gasteiger partial charge in [-0.2, -0.15) is 0 Å². The summed E-state index contributed by atoms with van der Waals surface area (Å²) >= 11 is 5.80. The number of carbonyl (C=O) groups excluding carboxylic acids is 1. The van der Waals surface area contributed by atoms with Gasteiger partial charge in [0.05, 0.1) is 0 Å². The molecule has 0 fully saturated rings. The average molecular weight is 305 g/mol. The first-order valence-corrected chi connectivity index (χ1v) is 7.06. The molecule has 0 bridgehead atoms. The van der Waals surface area contributed by atoms with Crippen molar-refractivity contribution in [2.24, 2.45) is 0 Å². The van der Waals surface area contributed by atoms with Crippen LogP contribution in [0.1, 0.15) is 5.56 Å². The van der Waals surface area contributed by atoms with Gasteiger partial charge in [-0.05, 0) is 29.8 Å². The number of benzene rings is 2. The largest absolute Gasteiger partial charge is 0.445 e. The Kier molecular flexibility index (Phi) is 5.91. The number of carbonyl (C=O) groups is 1. The van der Waals surface area contributed by atoms with E-state index < -0.39 is 6.09 Å². The van der Waals surface area contributed by atoms with Crippen molar-refractivity contribution in [3.05, 3.63) is 65.2 Å². The van der Waals surface area contributed by atoms with Gasteiger partial charge in [0, 0.05) is 23.8 Å². The summed E-state index contributed by atoms with van der Waals surface area (Å²) < 4.78 is 5.10. The lowest BCUT2D eigenvalue weighted by Gasteiger charge is -2.09. The smallest absolute Gasteiger partial charge is 0.407 e. The number of ether oxygens (including phenoxy) is 1. The zero-order valence-electron chi connectivity index (χ0n) is 11.5. The lowest BCUT2D eigenvalue weighted by molar-refractivity contribution is 0.140. The van der Waals surface area contributed by atoms with E-state index in [0.717, 1.165) is 11.3 Å². The lowest BCUT2D eigenvalue weighted by atomic mass is 10.2. The van der Waals surface area contributed by atoms with E-state index in [1.54, 1.807) is 0 Å². The Morgan fingerprint density at radius 2 is 1.71 bits per heavy atom. The molecule has 2 N–H and O–H groups in total. The van der Waals surface area contributed by atoms with Crippen molar-refractivity contribution in [2.45, 2.75) is 6.61 Å². The maximum atomic E-state index is 11.5. The summed E-state index contributed by atoms with van der Waals surface area (Å²) in [7, 11) is 0. The number of hydrogen-bond donors (Lipinski definition) is 2. The van der Waals surface area contributed by atoms with Gasteiger partial charge in [-0.15, -0.1) is 0 Å². The predicted molar refractivity (Wildman–Crippen MR) is 84.6 cm³/mol. The zero-order valence-corrected chi connectivity index (χ0v) is 12.3. The fourth-order valence-corrected chi connectivity index (χ4v) is 1.84. The molecule has 21 heavy (non-hydrogen) atoms. The monoisotopic (exact) mass is 304 g/mol. The van der Waals surface area contributed by atoms with Crippen molar-refractivity contribution < 1.29 is 9.53 Å². The summed E-state index contributed by atoms with van der Waals surface area (Å²) in [6.07, 6.45) is -0.420. The van der Waals surface area contributed by atoms with E-state index in [0.29, 0.717) is 18.1 Å². The van der Waals surface area contributed by atoms with Crippen molar-refractivity contribution in [1.29, 1.82) is 0 Å². The van der Waals surface area contributed by atoms with Gasteiger partial charge in [-0.25, -0.2) is 4.79 Å². The molecule has 0 aromatic heterocycles. The molecule has 2 rings (SSSR count). The molecule has 110 valence electrons. The van der Waals surface area contributed by atoms with Crippen molar-refractivity contribution in [3.63, 3.8) is 0 Å². The predicted octanol–water partition coefficient (Wildman–Crippen LogP) is 3.68. The lowest BCUT2D eigenvalue weighted by Crippen LogP contribution is -2.29. The third-order valence-electron chi connectivity index (χ3n) is 2.78. The second-order valence-corrected chi connectivity index (χ2v) is 4.86. The Hall–Kier alpha value is -2.20. The van der Waals surface area contributed by atoms with Gasteiger partial charge < -0.3 is 15.4 Å². The van der Waals surface area contributed by atoms with Crippen LogP contribution in [0.2, 0.25) is 5.02 Å². The van der Waals surface area contributed by atoms with Gasteiger partial charge in [0.15, 0.2) is 0 Å². The van der Waals surface area contributed by atoms with Crippen LogP contribution in [-0.4, -0.2) is 19.2 Å². The van der Waals surface area contributed by atoms with Gasteiger partial charge in [0.1, 0.15) is 6.61 Å². The van der Waals surface area contributed by atoms with Crippen LogP contribution < -0.4 is 10.6 Å². The molecule has 0 aliphatic carbocycles. The van der Waals surface area contributed by atoms with Gasteiger partial charge in [0.25, 0.3) is 0 Å². The molecular formula is C16H17ClN2O2. The third-order valence-corrected chi connectivity index (χ3v) is 3.03. The minimum Gasteiger partial charge on any atom is -0.445 e. The van der Waals surface area contributed by atoms with E-state index in [4.69, 9.17) is 16.3 Å². The first-order chi connectivity index (χ1) is 10.2. The average Bonchev–Trinajstić information content (AvgIpc) is 2.52. The minimum atomic E-state index is -0.420. The van der Waals surface area contributed by atoms with Crippen LogP contribution >= 0.6 is 11.6 Å². The topological polar surface area (TPSA) is 50.4 Å². The second-order valence-electron chi connectivity index (χ2n) is 4.42. The van der Waals surface area contributed by atoms with Crippen LogP contribution in [-0.2, 0) is 11.3 Å². The Morgan fingerprint density at radius 3 is 2.43 bits per heavy atom. The van der Waals surface area contributed by atoms with Crippen LogP contribution in [0, 0.1) is 0 Å². The van der Waals surface area contributed by atoms with Crippen LogP contribution in [0.3, 0.4) is 0 Å². The summed E-state index contributed by atoms with van der Waals surface area (Å²) in [5.41, 5.74) is 1.92. The number of anilines is 1. The number of rotatable bonds is 6. The molecule has 2 aromatic carbocycles. The van der Waals surface area contributed by atoms with E-state index in [1.807, 2.05) is 54.6 Å². The summed E-state index contributed by atoms with van der Waals surface area (Å²) in [4.78, 5) is 11.5. The van der Waals surface area contributed by atoms with E-state index >= 15 is 0 Å². The molecule has 5 heteroatoms. The summed E-state index contributed by atoms with van der Waals surface area (Å²) in [5.74, 6) is 0. The summed E-state index contributed by atoms with van der Waals surface area (Å²) in [5, 5.41) is 6.55. The first kappa shape index (κ1) is 15.2. The molecular weight excluding hydrogens is 288 g/mol. The molecule has 4 nitrogen and oxygen atoms in total. The molecule has 0 saturated carbocycles. The van der Waals surface area contributed by atoms with Crippen LogP contribution in [0.25, 0.3) is 0 Å². The third kappa shape index (κ3) is 5.75. The molecule has 1 amide bonds. The fourth-order valence-electron chi connectivity index (χ4n) is 1.71. The van der Waals surface area contributed by atoms with Crippen LogP contribution in [0.4, 0.5) is 10.5 Å². The van der Waals surface area contributed by atoms with E-state index in [1.165, 1.54) is 0 Å². The molecule has 0 aliphatic rings. The van der Waals surface area contributed by atoms with Gasteiger partial charge in [-0.3, -0.25) is 0 Å². The van der Waals surface area contributed by atoms with Crippen molar-refractivity contribution in [1.82, 2.24) is 5.32 Å². The maximum Gasteiger partial charge on any atom is 0.407 e. The molecule has 0 unspecified atom stereocenters.